The normalized spacial score (nSPS) is 14.3. The number of aryl methyl sites for hydroxylation is 1. The van der Waals surface area contributed by atoms with Gasteiger partial charge in [-0.3, -0.25) is 0 Å². The van der Waals surface area contributed by atoms with Crippen molar-refractivity contribution in [3.8, 4) is 11.3 Å². The number of aromatic carboxylic acids is 1. The van der Waals surface area contributed by atoms with E-state index in [1.54, 1.807) is 6.07 Å². The first-order valence-electron chi connectivity index (χ1n) is 7.89. The van der Waals surface area contributed by atoms with E-state index in [1.165, 1.54) is 0 Å². The molecule has 1 N–H and O–H groups in total. The van der Waals surface area contributed by atoms with Crippen molar-refractivity contribution in [1.29, 1.82) is 0 Å². The van der Waals surface area contributed by atoms with Crippen molar-refractivity contribution in [2.45, 2.75) is 32.2 Å². The smallest absolute Gasteiger partial charge is 0.336 e. The zero-order chi connectivity index (χ0) is 16.0. The molecule has 1 fully saturated rings. The highest BCUT2D eigenvalue weighted by atomic mass is 16.4. The monoisotopic (exact) mass is 307 g/mol. The Balaban J connectivity index is 2.03. The summed E-state index contributed by atoms with van der Waals surface area (Å²) >= 11 is 0. The summed E-state index contributed by atoms with van der Waals surface area (Å²) in [6.45, 7) is 2.67. The number of pyridine rings is 1. The number of hydrogen-bond acceptors (Lipinski definition) is 3. The van der Waals surface area contributed by atoms with Crippen LogP contribution < -0.4 is 0 Å². The van der Waals surface area contributed by atoms with Crippen molar-refractivity contribution < 1.29 is 9.90 Å². The number of carbonyl (C=O) groups is 1. The minimum absolute atomic E-state index is 0.301. The van der Waals surface area contributed by atoms with Crippen molar-refractivity contribution in [2.75, 3.05) is 0 Å². The van der Waals surface area contributed by atoms with E-state index in [0.29, 0.717) is 34.8 Å². The van der Waals surface area contributed by atoms with Crippen molar-refractivity contribution in [2.24, 2.45) is 0 Å². The van der Waals surface area contributed by atoms with Gasteiger partial charge in [0.05, 0.1) is 22.3 Å². The molecule has 1 saturated carbocycles. The van der Waals surface area contributed by atoms with Crippen LogP contribution in [0.3, 0.4) is 0 Å². The summed E-state index contributed by atoms with van der Waals surface area (Å²) in [4.78, 5) is 16.6. The number of hydrogen-bond donors (Lipinski definition) is 1. The molecule has 23 heavy (non-hydrogen) atoms. The molecule has 0 aliphatic heterocycles. The molecule has 4 rings (SSSR count). The highest BCUT2D eigenvalue weighted by Gasteiger charge is 2.32. The van der Waals surface area contributed by atoms with Gasteiger partial charge >= 0.3 is 5.97 Å². The predicted molar refractivity (Wildman–Crippen MR) is 87.6 cm³/mol. The van der Waals surface area contributed by atoms with Crippen molar-refractivity contribution >= 4 is 17.0 Å². The van der Waals surface area contributed by atoms with Crippen LogP contribution in [0.15, 0.2) is 36.4 Å². The third-order valence-electron chi connectivity index (χ3n) is 4.29. The summed E-state index contributed by atoms with van der Waals surface area (Å²) < 4.78 is 1.82. The topological polar surface area (TPSA) is 68.0 Å². The largest absolute Gasteiger partial charge is 0.478 e. The highest BCUT2D eigenvalue weighted by Crippen LogP contribution is 2.43. The van der Waals surface area contributed by atoms with Gasteiger partial charge in [0, 0.05) is 18.0 Å². The van der Waals surface area contributed by atoms with Gasteiger partial charge in [0.25, 0.3) is 0 Å². The van der Waals surface area contributed by atoms with Crippen LogP contribution in [0.5, 0.6) is 0 Å². The Labute approximate surface area is 133 Å². The average Bonchev–Trinajstić information content (AvgIpc) is 3.35. The van der Waals surface area contributed by atoms with Crippen LogP contribution in [-0.4, -0.2) is 25.8 Å². The van der Waals surface area contributed by atoms with Crippen LogP contribution in [0.1, 0.15) is 41.7 Å². The molecule has 0 amide bonds. The van der Waals surface area contributed by atoms with Gasteiger partial charge in [-0.1, -0.05) is 30.3 Å². The SMILES string of the molecule is CCn1nc(C2CC2)c2c(C(=O)O)cc(-c3ccccc3)nc21. The van der Waals surface area contributed by atoms with Crippen LogP contribution in [0.25, 0.3) is 22.3 Å². The molecule has 0 unspecified atom stereocenters. The predicted octanol–water partition coefficient (Wildman–Crippen LogP) is 3.69. The molecule has 2 aromatic heterocycles. The van der Waals surface area contributed by atoms with Gasteiger partial charge in [-0.25, -0.2) is 14.5 Å². The van der Waals surface area contributed by atoms with Crippen LogP contribution in [0.2, 0.25) is 0 Å². The fraction of sp³-hybridized carbons (Fsp3) is 0.278. The number of nitrogens with zero attached hydrogens (tertiary/aromatic N) is 3. The lowest BCUT2D eigenvalue weighted by Gasteiger charge is -2.06. The second kappa shape index (κ2) is 5.19. The minimum atomic E-state index is -0.924. The summed E-state index contributed by atoms with van der Waals surface area (Å²) in [5, 5.41) is 15.0. The second-order valence-electron chi connectivity index (χ2n) is 5.90. The highest BCUT2D eigenvalue weighted by molar-refractivity contribution is 6.04. The molecule has 3 aromatic rings. The van der Waals surface area contributed by atoms with Gasteiger partial charge in [-0.05, 0) is 25.8 Å². The second-order valence-corrected chi connectivity index (χ2v) is 5.90. The third kappa shape index (κ3) is 2.29. The number of carboxylic acid groups (broad SMARTS) is 1. The summed E-state index contributed by atoms with van der Waals surface area (Å²) in [7, 11) is 0. The van der Waals surface area contributed by atoms with Gasteiger partial charge in [-0.15, -0.1) is 0 Å². The van der Waals surface area contributed by atoms with E-state index >= 15 is 0 Å². The van der Waals surface area contributed by atoms with E-state index in [1.807, 2.05) is 41.9 Å². The lowest BCUT2D eigenvalue weighted by Crippen LogP contribution is -2.02. The van der Waals surface area contributed by atoms with Crippen LogP contribution >= 0.6 is 0 Å². The van der Waals surface area contributed by atoms with E-state index in [0.717, 1.165) is 24.1 Å². The summed E-state index contributed by atoms with van der Waals surface area (Å²) in [5.41, 5.74) is 3.45. The maximum Gasteiger partial charge on any atom is 0.336 e. The molecule has 0 saturated heterocycles. The Bertz CT molecular complexity index is 896. The molecule has 0 bridgehead atoms. The zero-order valence-electron chi connectivity index (χ0n) is 12.9. The molecule has 0 spiro atoms. The molecule has 2 heterocycles. The van der Waals surface area contributed by atoms with E-state index in [2.05, 4.69) is 5.10 Å². The quantitative estimate of drug-likeness (QED) is 0.798. The number of fused-ring (bicyclic) bond motifs is 1. The Morgan fingerprint density at radius 2 is 2.04 bits per heavy atom. The van der Waals surface area contributed by atoms with Gasteiger partial charge in [-0.2, -0.15) is 5.10 Å². The first kappa shape index (κ1) is 13.9. The molecule has 5 nitrogen and oxygen atoms in total. The van der Waals surface area contributed by atoms with Gasteiger partial charge in [0.15, 0.2) is 5.65 Å². The number of carboxylic acids is 1. The average molecular weight is 307 g/mol. The lowest BCUT2D eigenvalue weighted by atomic mass is 10.0. The zero-order valence-corrected chi connectivity index (χ0v) is 12.9. The standard InChI is InChI=1S/C18H17N3O2/c1-2-21-17-15(16(20-21)12-8-9-12)13(18(22)23)10-14(19-17)11-6-4-3-5-7-11/h3-7,10,12H,2,8-9H2,1H3,(H,22,23). The molecule has 1 aliphatic rings. The van der Waals surface area contributed by atoms with Crippen LogP contribution in [-0.2, 0) is 6.54 Å². The molecular formula is C18H17N3O2. The van der Waals surface area contributed by atoms with Crippen molar-refractivity contribution in [3.05, 3.63) is 47.7 Å². The maximum atomic E-state index is 11.8. The molecular weight excluding hydrogens is 290 g/mol. The van der Waals surface area contributed by atoms with E-state index in [-0.39, 0.29) is 0 Å². The fourth-order valence-corrected chi connectivity index (χ4v) is 2.99. The summed E-state index contributed by atoms with van der Waals surface area (Å²) in [6.07, 6.45) is 2.16. The maximum absolute atomic E-state index is 11.8. The summed E-state index contributed by atoms with van der Waals surface area (Å²) in [5.74, 6) is -0.542. The molecule has 116 valence electrons. The number of aromatic nitrogens is 3. The minimum Gasteiger partial charge on any atom is -0.478 e. The van der Waals surface area contributed by atoms with Crippen molar-refractivity contribution in [1.82, 2.24) is 14.8 Å². The molecule has 1 aromatic carbocycles. The molecule has 5 heteroatoms. The number of benzene rings is 1. The first-order valence-corrected chi connectivity index (χ1v) is 7.89. The van der Waals surface area contributed by atoms with Crippen molar-refractivity contribution in [3.63, 3.8) is 0 Å². The van der Waals surface area contributed by atoms with Crippen LogP contribution in [0, 0.1) is 0 Å². The van der Waals surface area contributed by atoms with E-state index < -0.39 is 5.97 Å². The Kier molecular flexibility index (Phi) is 3.15. The van der Waals surface area contributed by atoms with Crippen LogP contribution in [0.4, 0.5) is 0 Å². The Morgan fingerprint density at radius 1 is 1.30 bits per heavy atom. The molecule has 0 radical (unpaired) electrons. The number of rotatable bonds is 4. The third-order valence-corrected chi connectivity index (χ3v) is 4.29. The van der Waals surface area contributed by atoms with E-state index in [4.69, 9.17) is 4.98 Å². The van der Waals surface area contributed by atoms with Gasteiger partial charge in [0.2, 0.25) is 0 Å². The lowest BCUT2D eigenvalue weighted by molar-refractivity contribution is 0.0699. The van der Waals surface area contributed by atoms with E-state index in [9.17, 15) is 9.90 Å². The summed E-state index contributed by atoms with van der Waals surface area (Å²) in [6, 6.07) is 11.3. The first-order chi connectivity index (χ1) is 11.2. The van der Waals surface area contributed by atoms with Gasteiger partial charge < -0.3 is 5.11 Å². The Morgan fingerprint density at radius 3 is 2.65 bits per heavy atom. The Hall–Kier alpha value is -2.69. The molecule has 1 aliphatic carbocycles. The molecule has 0 atom stereocenters. The van der Waals surface area contributed by atoms with Gasteiger partial charge in [0.1, 0.15) is 0 Å². The fourth-order valence-electron chi connectivity index (χ4n) is 2.99.